The quantitative estimate of drug-likeness (QED) is 0.637. The van der Waals surface area contributed by atoms with Crippen LogP contribution in [0.2, 0.25) is 0 Å². The fourth-order valence-corrected chi connectivity index (χ4v) is 2.45. The van der Waals surface area contributed by atoms with Crippen LogP contribution in [0.25, 0.3) is 28.7 Å². The molecule has 0 fully saturated rings. The van der Waals surface area contributed by atoms with E-state index < -0.39 is 0 Å². The lowest BCUT2D eigenvalue weighted by Crippen LogP contribution is -2.24. The van der Waals surface area contributed by atoms with E-state index in [4.69, 9.17) is 0 Å². The number of allylic oxidation sites excluding steroid dienone is 1. The molecular formula is C16H9N. The minimum atomic E-state index is 0.892. The summed E-state index contributed by atoms with van der Waals surface area (Å²) in [5.41, 5.74) is 5.54. The molecule has 1 aliphatic carbocycles. The Morgan fingerprint density at radius 3 is 3.00 bits per heavy atom. The lowest BCUT2D eigenvalue weighted by Gasteiger charge is -2.02. The molecule has 0 aromatic heterocycles. The predicted octanol–water partition coefficient (Wildman–Crippen LogP) is 1.99. The van der Waals surface area contributed by atoms with Gasteiger partial charge in [-0.25, -0.2) is 4.99 Å². The molecule has 0 spiro atoms. The largest absolute Gasteiger partial charge is 0.248 e. The van der Waals surface area contributed by atoms with E-state index in [0.717, 1.165) is 10.9 Å². The van der Waals surface area contributed by atoms with Crippen molar-refractivity contribution in [3.8, 4) is 0 Å². The first-order chi connectivity index (χ1) is 8.42. The van der Waals surface area contributed by atoms with Gasteiger partial charge < -0.3 is 0 Å². The van der Waals surface area contributed by atoms with Crippen molar-refractivity contribution in [2.45, 2.75) is 0 Å². The highest BCUT2D eigenvalue weighted by molar-refractivity contribution is 5.97. The van der Waals surface area contributed by atoms with Crippen LogP contribution in [0.1, 0.15) is 5.56 Å². The van der Waals surface area contributed by atoms with Crippen molar-refractivity contribution in [1.29, 1.82) is 0 Å². The van der Waals surface area contributed by atoms with Crippen molar-refractivity contribution in [2.24, 2.45) is 4.99 Å². The maximum Gasteiger partial charge on any atom is 0.106 e. The molecule has 0 radical (unpaired) electrons. The highest BCUT2D eigenvalue weighted by atomic mass is 14.7. The Bertz CT molecular complexity index is 860. The molecule has 0 atom stereocenters. The van der Waals surface area contributed by atoms with Crippen LogP contribution in [-0.4, -0.2) is 6.21 Å². The Hall–Kier alpha value is -2.37. The standard InChI is InChI=1S/C16H9N/c1-2-12-5-4-11-8-9-17-14-7-6-13(3-1)16(12)15(11)10-14/h1-9H. The molecule has 0 amide bonds. The first kappa shape index (κ1) is 8.74. The van der Waals surface area contributed by atoms with Gasteiger partial charge in [0.25, 0.3) is 0 Å². The highest BCUT2D eigenvalue weighted by Crippen LogP contribution is 2.18. The summed E-state index contributed by atoms with van der Waals surface area (Å²) in [6, 6.07) is 10.7. The molecule has 0 saturated heterocycles. The van der Waals surface area contributed by atoms with Crippen molar-refractivity contribution >= 4 is 34.9 Å². The molecule has 2 aromatic rings. The third-order valence-corrected chi connectivity index (χ3v) is 3.25. The van der Waals surface area contributed by atoms with Crippen LogP contribution in [0.4, 0.5) is 0 Å². The minimum Gasteiger partial charge on any atom is -0.248 e. The van der Waals surface area contributed by atoms with Gasteiger partial charge >= 0.3 is 0 Å². The number of aliphatic imine (C=N–C) groups is 1. The average Bonchev–Trinajstić information content (AvgIpc) is 2.68. The lowest BCUT2D eigenvalue weighted by molar-refractivity contribution is 1.49. The SMILES string of the molecule is C1=C2C=Cc3cccc4ccc(c=1c34)=CC=N2. The first-order valence-electron chi connectivity index (χ1n) is 5.67. The minimum absolute atomic E-state index is 0.892. The van der Waals surface area contributed by atoms with Gasteiger partial charge in [-0.05, 0) is 28.3 Å². The third-order valence-electron chi connectivity index (χ3n) is 3.25. The van der Waals surface area contributed by atoms with Crippen molar-refractivity contribution in [1.82, 2.24) is 0 Å². The number of nitrogens with zero attached hydrogens (tertiary/aromatic N) is 1. The monoisotopic (exact) mass is 215 g/mol. The Labute approximate surface area is 98.4 Å². The smallest absolute Gasteiger partial charge is 0.106 e. The molecule has 78 valence electrons. The molecule has 4 rings (SSSR count). The van der Waals surface area contributed by atoms with Crippen LogP contribution >= 0.6 is 0 Å². The van der Waals surface area contributed by atoms with Gasteiger partial charge in [0.2, 0.25) is 0 Å². The van der Waals surface area contributed by atoms with E-state index in [1.165, 1.54) is 21.6 Å². The van der Waals surface area contributed by atoms with Gasteiger partial charge in [0.05, 0.1) is 0 Å². The number of rotatable bonds is 0. The normalized spacial score (nSPS) is 14.9. The summed E-state index contributed by atoms with van der Waals surface area (Å²) in [6.45, 7) is 0. The fourth-order valence-electron chi connectivity index (χ4n) is 2.45. The maximum atomic E-state index is 4.37. The average molecular weight is 215 g/mol. The summed E-state index contributed by atoms with van der Waals surface area (Å²) in [4.78, 5) is 4.37. The summed E-state index contributed by atoms with van der Waals surface area (Å²) in [7, 11) is 0. The zero-order valence-electron chi connectivity index (χ0n) is 9.14. The van der Waals surface area contributed by atoms with Gasteiger partial charge in [0.15, 0.2) is 0 Å². The van der Waals surface area contributed by atoms with E-state index >= 15 is 0 Å². The molecule has 0 unspecified atom stereocenters. The van der Waals surface area contributed by atoms with Crippen LogP contribution in [0.5, 0.6) is 0 Å². The van der Waals surface area contributed by atoms with Gasteiger partial charge in [-0.2, -0.15) is 0 Å². The summed E-state index contributed by atoms with van der Waals surface area (Å²) < 4.78 is 0. The molecule has 2 bridgehead atoms. The topological polar surface area (TPSA) is 12.4 Å². The van der Waals surface area contributed by atoms with Crippen LogP contribution in [0.3, 0.4) is 0 Å². The van der Waals surface area contributed by atoms with Crippen LogP contribution in [0.15, 0.2) is 47.1 Å². The lowest BCUT2D eigenvalue weighted by atomic mass is 10.0. The Kier molecular flexibility index (Phi) is 1.58. The Morgan fingerprint density at radius 1 is 1.00 bits per heavy atom. The van der Waals surface area contributed by atoms with Gasteiger partial charge in [-0.1, -0.05) is 42.1 Å². The molecule has 1 heteroatoms. The fraction of sp³-hybridized carbons (Fsp3) is 0. The number of hydrogen-bond acceptors (Lipinski definition) is 1. The molecule has 2 aromatic carbocycles. The summed E-state index contributed by atoms with van der Waals surface area (Å²) in [5, 5.41) is 4.89. The summed E-state index contributed by atoms with van der Waals surface area (Å²) in [6.07, 6.45) is 8.03. The molecule has 2 aliphatic rings. The zero-order chi connectivity index (χ0) is 11.2. The van der Waals surface area contributed by atoms with E-state index in [9.17, 15) is 0 Å². The second-order valence-corrected chi connectivity index (χ2v) is 4.26. The van der Waals surface area contributed by atoms with E-state index in [1.807, 2.05) is 18.4 Å². The van der Waals surface area contributed by atoms with Crippen molar-refractivity contribution in [2.75, 3.05) is 0 Å². The summed E-state index contributed by atoms with van der Waals surface area (Å²) in [5.74, 6) is 0. The maximum absolute atomic E-state index is 4.37. The highest BCUT2D eigenvalue weighted by Gasteiger charge is 2.05. The van der Waals surface area contributed by atoms with Gasteiger partial charge in [0.1, 0.15) is 5.70 Å². The molecule has 1 heterocycles. The zero-order valence-corrected chi connectivity index (χ0v) is 9.14. The van der Waals surface area contributed by atoms with Crippen molar-refractivity contribution < 1.29 is 0 Å². The van der Waals surface area contributed by atoms with Crippen molar-refractivity contribution in [3.05, 3.63) is 58.1 Å². The Balaban J connectivity index is 2.47. The first-order valence-corrected chi connectivity index (χ1v) is 5.67. The van der Waals surface area contributed by atoms with Gasteiger partial charge in [0, 0.05) is 16.8 Å². The second kappa shape index (κ2) is 3.07. The molecule has 0 N–H and O–H groups in total. The molecule has 0 saturated carbocycles. The molecule has 1 aliphatic heterocycles. The second-order valence-electron chi connectivity index (χ2n) is 4.26. The van der Waals surface area contributed by atoms with Crippen LogP contribution in [0, 0.1) is 0 Å². The van der Waals surface area contributed by atoms with Crippen molar-refractivity contribution in [3.63, 3.8) is 0 Å². The number of benzene rings is 2. The predicted molar refractivity (Wildman–Crippen MR) is 72.1 cm³/mol. The van der Waals surface area contributed by atoms with E-state index in [-0.39, 0.29) is 0 Å². The molecular weight excluding hydrogens is 206 g/mol. The molecule has 17 heavy (non-hydrogen) atoms. The van der Waals surface area contributed by atoms with Crippen LogP contribution in [-0.2, 0) is 0 Å². The van der Waals surface area contributed by atoms with E-state index in [0.29, 0.717) is 0 Å². The third kappa shape index (κ3) is 1.17. The Morgan fingerprint density at radius 2 is 2.00 bits per heavy atom. The van der Waals surface area contributed by atoms with E-state index in [1.54, 1.807) is 0 Å². The van der Waals surface area contributed by atoms with Gasteiger partial charge in [-0.3, -0.25) is 0 Å². The molecule has 1 nitrogen and oxygen atoms in total. The van der Waals surface area contributed by atoms with Crippen LogP contribution < -0.4 is 10.4 Å². The summed E-state index contributed by atoms with van der Waals surface area (Å²) >= 11 is 0. The van der Waals surface area contributed by atoms with Gasteiger partial charge in [-0.15, -0.1) is 0 Å². The van der Waals surface area contributed by atoms with E-state index in [2.05, 4.69) is 47.1 Å². The number of hydrogen-bond donors (Lipinski definition) is 0.